The summed E-state index contributed by atoms with van der Waals surface area (Å²) in [5.74, 6) is 0. The lowest BCUT2D eigenvalue weighted by atomic mass is 10.2. The summed E-state index contributed by atoms with van der Waals surface area (Å²) in [6, 6.07) is 5.83. The summed E-state index contributed by atoms with van der Waals surface area (Å²) < 4.78 is 40.3. The van der Waals surface area contributed by atoms with E-state index in [1.54, 1.807) is 4.90 Å². The molecule has 1 aliphatic rings. The Labute approximate surface area is 144 Å². The number of benzene rings is 1. The average Bonchev–Trinajstić information content (AvgIpc) is 2.96. The molecule has 136 valence electrons. The van der Waals surface area contributed by atoms with Crippen LogP contribution in [0.5, 0.6) is 0 Å². The van der Waals surface area contributed by atoms with Crippen LogP contribution in [0.15, 0.2) is 30.5 Å². The van der Waals surface area contributed by atoms with Crippen LogP contribution in [0.1, 0.15) is 6.92 Å². The quantitative estimate of drug-likeness (QED) is 0.899. The van der Waals surface area contributed by atoms with Gasteiger partial charge in [-0.2, -0.15) is 13.2 Å². The zero-order chi connectivity index (χ0) is 18.2. The number of nitrogens with zero attached hydrogens (tertiary/aromatic N) is 3. The molecule has 1 fully saturated rings. The molecule has 2 heterocycles. The molecule has 5 nitrogen and oxygen atoms in total. The second kappa shape index (κ2) is 6.59. The summed E-state index contributed by atoms with van der Waals surface area (Å²) >= 11 is 0. The van der Waals surface area contributed by atoms with Crippen molar-refractivity contribution in [1.29, 1.82) is 0 Å². The van der Waals surface area contributed by atoms with E-state index in [0.29, 0.717) is 5.69 Å². The Balaban J connectivity index is 1.64. The highest BCUT2D eigenvalue weighted by Crippen LogP contribution is 2.26. The largest absolute Gasteiger partial charge is 0.403 e. The van der Waals surface area contributed by atoms with Gasteiger partial charge in [-0.05, 0) is 19.1 Å². The van der Waals surface area contributed by atoms with E-state index in [2.05, 4.69) is 5.32 Å². The molecule has 2 amide bonds. The monoisotopic (exact) mass is 354 g/mol. The number of urea groups is 1. The molecule has 1 atom stereocenters. The standard InChI is InChI=1S/C17H21F3N4O/c1-12(17(18,19)20)23-8-10-24(11-9-23)16(25)21-14-5-3-4-13-6-7-22(2)15(13)14/h3-7,12H,8-11H2,1-2H3,(H,21,25). The maximum atomic E-state index is 12.8. The van der Waals surface area contributed by atoms with E-state index in [1.165, 1.54) is 4.90 Å². The van der Waals surface area contributed by atoms with Crippen molar-refractivity contribution in [2.45, 2.75) is 19.1 Å². The van der Waals surface area contributed by atoms with Crippen LogP contribution < -0.4 is 5.32 Å². The smallest absolute Gasteiger partial charge is 0.349 e. The lowest BCUT2D eigenvalue weighted by Crippen LogP contribution is -2.55. The van der Waals surface area contributed by atoms with Crippen LogP contribution in [0.4, 0.5) is 23.7 Å². The van der Waals surface area contributed by atoms with Gasteiger partial charge in [-0.15, -0.1) is 0 Å². The van der Waals surface area contributed by atoms with E-state index in [1.807, 2.05) is 42.1 Å². The first-order valence-corrected chi connectivity index (χ1v) is 8.18. The number of carbonyl (C=O) groups is 1. The number of rotatable bonds is 2. The summed E-state index contributed by atoms with van der Waals surface area (Å²) in [6.45, 7) is 2.13. The molecular formula is C17H21F3N4O. The number of anilines is 1. The number of hydrogen-bond acceptors (Lipinski definition) is 2. The molecule has 1 aromatic heterocycles. The molecule has 1 unspecified atom stereocenters. The van der Waals surface area contributed by atoms with Crippen molar-refractivity contribution < 1.29 is 18.0 Å². The predicted molar refractivity (Wildman–Crippen MR) is 90.6 cm³/mol. The number of amides is 2. The van der Waals surface area contributed by atoms with Crippen molar-refractivity contribution >= 4 is 22.6 Å². The van der Waals surface area contributed by atoms with Crippen LogP contribution in [0.2, 0.25) is 0 Å². The summed E-state index contributed by atoms with van der Waals surface area (Å²) in [4.78, 5) is 15.4. The number of hydrogen-bond donors (Lipinski definition) is 1. The van der Waals surface area contributed by atoms with E-state index in [4.69, 9.17) is 0 Å². The third-order valence-corrected chi connectivity index (χ3v) is 4.76. The van der Waals surface area contributed by atoms with Gasteiger partial charge in [-0.3, -0.25) is 4.90 Å². The van der Waals surface area contributed by atoms with Gasteiger partial charge < -0.3 is 14.8 Å². The van der Waals surface area contributed by atoms with Crippen LogP contribution in [0, 0.1) is 0 Å². The van der Waals surface area contributed by atoms with Gasteiger partial charge in [0.1, 0.15) is 6.04 Å². The van der Waals surface area contributed by atoms with Gasteiger partial charge in [0.25, 0.3) is 0 Å². The maximum absolute atomic E-state index is 12.8. The first-order chi connectivity index (χ1) is 11.8. The third-order valence-electron chi connectivity index (χ3n) is 4.76. The third kappa shape index (κ3) is 3.58. The minimum Gasteiger partial charge on any atom is -0.349 e. The van der Waals surface area contributed by atoms with Crippen molar-refractivity contribution in [1.82, 2.24) is 14.4 Å². The molecule has 1 N–H and O–H groups in total. The molecule has 3 rings (SSSR count). The van der Waals surface area contributed by atoms with Gasteiger partial charge >= 0.3 is 12.2 Å². The van der Waals surface area contributed by atoms with Crippen LogP contribution in [-0.4, -0.2) is 58.8 Å². The Kier molecular flexibility index (Phi) is 4.64. The summed E-state index contributed by atoms with van der Waals surface area (Å²) in [7, 11) is 1.90. The van der Waals surface area contributed by atoms with Gasteiger partial charge in [-0.25, -0.2) is 4.79 Å². The van der Waals surface area contributed by atoms with E-state index in [0.717, 1.165) is 17.8 Å². The van der Waals surface area contributed by atoms with Crippen LogP contribution in [0.25, 0.3) is 10.9 Å². The van der Waals surface area contributed by atoms with Crippen LogP contribution >= 0.6 is 0 Å². The maximum Gasteiger partial charge on any atom is 0.403 e. The summed E-state index contributed by atoms with van der Waals surface area (Å²) in [5, 5.41) is 3.90. The summed E-state index contributed by atoms with van der Waals surface area (Å²) in [5.41, 5.74) is 1.61. The Morgan fingerprint density at radius 1 is 1.16 bits per heavy atom. The average molecular weight is 354 g/mol. The molecule has 1 aliphatic heterocycles. The minimum absolute atomic E-state index is 0.211. The Morgan fingerprint density at radius 2 is 1.84 bits per heavy atom. The van der Waals surface area contributed by atoms with Gasteiger partial charge in [0.05, 0.1) is 11.2 Å². The lowest BCUT2D eigenvalue weighted by Gasteiger charge is -2.38. The van der Waals surface area contributed by atoms with Crippen molar-refractivity contribution in [3.8, 4) is 0 Å². The predicted octanol–water partition coefficient (Wildman–Crippen LogP) is 3.28. The van der Waals surface area contributed by atoms with Crippen LogP contribution in [0.3, 0.4) is 0 Å². The fourth-order valence-corrected chi connectivity index (χ4v) is 3.17. The fraction of sp³-hybridized carbons (Fsp3) is 0.471. The number of piperazine rings is 1. The first-order valence-electron chi connectivity index (χ1n) is 8.18. The highest BCUT2D eigenvalue weighted by molar-refractivity contribution is 6.00. The number of alkyl halides is 3. The molecule has 0 radical (unpaired) electrons. The highest BCUT2D eigenvalue weighted by Gasteiger charge is 2.41. The van der Waals surface area contributed by atoms with E-state index < -0.39 is 12.2 Å². The van der Waals surface area contributed by atoms with Crippen LogP contribution in [-0.2, 0) is 7.05 Å². The Morgan fingerprint density at radius 3 is 2.48 bits per heavy atom. The SMILES string of the molecule is CC(N1CCN(C(=O)Nc2cccc3ccn(C)c23)CC1)C(F)(F)F. The van der Waals surface area contributed by atoms with E-state index in [-0.39, 0.29) is 32.2 Å². The zero-order valence-electron chi connectivity index (χ0n) is 14.2. The number of para-hydroxylation sites is 1. The molecular weight excluding hydrogens is 333 g/mol. The number of aromatic nitrogens is 1. The fourth-order valence-electron chi connectivity index (χ4n) is 3.17. The number of fused-ring (bicyclic) bond motifs is 1. The number of halogens is 3. The minimum atomic E-state index is -4.24. The second-order valence-corrected chi connectivity index (χ2v) is 6.34. The van der Waals surface area contributed by atoms with E-state index in [9.17, 15) is 18.0 Å². The van der Waals surface area contributed by atoms with E-state index >= 15 is 0 Å². The molecule has 0 bridgehead atoms. The molecule has 25 heavy (non-hydrogen) atoms. The second-order valence-electron chi connectivity index (χ2n) is 6.34. The highest BCUT2D eigenvalue weighted by atomic mass is 19.4. The Hall–Kier alpha value is -2.22. The molecule has 8 heteroatoms. The molecule has 1 saturated heterocycles. The van der Waals surface area contributed by atoms with Crippen molar-refractivity contribution in [3.05, 3.63) is 30.5 Å². The van der Waals surface area contributed by atoms with Gasteiger partial charge in [0.15, 0.2) is 0 Å². The molecule has 0 aliphatic carbocycles. The van der Waals surface area contributed by atoms with Crippen molar-refractivity contribution in [2.75, 3.05) is 31.5 Å². The number of carbonyl (C=O) groups excluding carboxylic acids is 1. The normalized spacial score (nSPS) is 17.7. The van der Waals surface area contributed by atoms with Crippen molar-refractivity contribution in [2.24, 2.45) is 7.05 Å². The topological polar surface area (TPSA) is 40.5 Å². The summed E-state index contributed by atoms with van der Waals surface area (Å²) in [6.07, 6.45) is -2.33. The number of nitrogens with one attached hydrogen (secondary N) is 1. The first kappa shape index (κ1) is 17.6. The molecule has 0 spiro atoms. The zero-order valence-corrected chi connectivity index (χ0v) is 14.2. The molecule has 1 aromatic carbocycles. The number of aryl methyl sites for hydroxylation is 1. The van der Waals surface area contributed by atoms with Gasteiger partial charge in [-0.1, -0.05) is 12.1 Å². The molecule has 2 aromatic rings. The van der Waals surface area contributed by atoms with Crippen molar-refractivity contribution in [3.63, 3.8) is 0 Å². The molecule has 0 saturated carbocycles. The van der Waals surface area contributed by atoms with Gasteiger partial charge in [0, 0.05) is 44.8 Å². The Bertz CT molecular complexity index is 763. The van der Waals surface area contributed by atoms with Gasteiger partial charge in [0.2, 0.25) is 0 Å². The lowest BCUT2D eigenvalue weighted by molar-refractivity contribution is -0.181.